The molecule has 0 radical (unpaired) electrons. The fourth-order valence-corrected chi connectivity index (χ4v) is 5.45. The lowest BCUT2D eigenvalue weighted by Crippen LogP contribution is -2.37. The van der Waals surface area contributed by atoms with Gasteiger partial charge in [0.2, 0.25) is 10.0 Å². The van der Waals surface area contributed by atoms with Gasteiger partial charge in [0.15, 0.2) is 0 Å². The molecule has 0 spiro atoms. The lowest BCUT2D eigenvalue weighted by Gasteiger charge is -2.23. The van der Waals surface area contributed by atoms with Crippen LogP contribution in [-0.2, 0) is 20.6 Å². The van der Waals surface area contributed by atoms with Crippen molar-refractivity contribution in [3.05, 3.63) is 39.9 Å². The number of nitro benzene ring substituents is 1. The van der Waals surface area contributed by atoms with Crippen molar-refractivity contribution < 1.29 is 23.2 Å². The van der Waals surface area contributed by atoms with Gasteiger partial charge in [0.05, 0.1) is 16.1 Å². The Kier molecular flexibility index (Phi) is 4.08. The maximum absolute atomic E-state index is 12.6. The summed E-state index contributed by atoms with van der Waals surface area (Å²) in [7, 11) is -3.66. The van der Waals surface area contributed by atoms with E-state index in [-0.39, 0.29) is 30.4 Å². The van der Waals surface area contributed by atoms with Crippen LogP contribution in [0.2, 0.25) is 0 Å². The number of carbonyl (C=O) groups is 1. The van der Waals surface area contributed by atoms with E-state index in [0.717, 1.165) is 12.8 Å². The standard InChI is InChI=1S/C15H18N2O6S/c18-14(19)15-7-1-2-12(15)8-16(10-15)24(22,23)9-11-3-5-13(6-4-11)17(20)21/h3-6,12H,1-2,7-10H2,(H,18,19)/t12-,15+/m0/s1. The van der Waals surface area contributed by atoms with Crippen molar-refractivity contribution in [2.24, 2.45) is 11.3 Å². The summed E-state index contributed by atoms with van der Waals surface area (Å²) in [6.45, 7) is 0.254. The molecular weight excluding hydrogens is 336 g/mol. The molecule has 1 aromatic carbocycles. The average molecular weight is 354 g/mol. The minimum absolute atomic E-state index is 0.0162. The fraction of sp³-hybridized carbons (Fsp3) is 0.533. The number of rotatable bonds is 5. The second-order valence-corrected chi connectivity index (χ2v) is 8.49. The topological polar surface area (TPSA) is 118 Å². The summed E-state index contributed by atoms with van der Waals surface area (Å²) in [4.78, 5) is 21.7. The maximum Gasteiger partial charge on any atom is 0.311 e. The van der Waals surface area contributed by atoms with Gasteiger partial charge in [-0.1, -0.05) is 18.6 Å². The van der Waals surface area contributed by atoms with E-state index in [1.54, 1.807) is 0 Å². The molecule has 0 amide bonds. The third kappa shape index (κ3) is 2.78. The van der Waals surface area contributed by atoms with E-state index in [4.69, 9.17) is 0 Å². The summed E-state index contributed by atoms with van der Waals surface area (Å²) in [5.41, 5.74) is -0.610. The highest BCUT2D eigenvalue weighted by Gasteiger charge is 2.56. The highest BCUT2D eigenvalue weighted by Crippen LogP contribution is 2.49. The number of nitrogens with zero attached hydrogens (tertiary/aromatic N) is 2. The Labute approximate surface area is 139 Å². The number of carboxylic acids is 1. The number of hydrogen-bond acceptors (Lipinski definition) is 5. The predicted molar refractivity (Wildman–Crippen MR) is 84.7 cm³/mol. The van der Waals surface area contributed by atoms with Gasteiger partial charge in [-0.2, -0.15) is 0 Å². The summed E-state index contributed by atoms with van der Waals surface area (Å²) >= 11 is 0. The number of fused-ring (bicyclic) bond motifs is 1. The van der Waals surface area contributed by atoms with Gasteiger partial charge in [-0.3, -0.25) is 14.9 Å². The zero-order valence-electron chi connectivity index (χ0n) is 12.9. The van der Waals surface area contributed by atoms with Crippen LogP contribution >= 0.6 is 0 Å². The molecule has 1 aromatic rings. The minimum Gasteiger partial charge on any atom is -0.481 e. The van der Waals surface area contributed by atoms with E-state index in [1.165, 1.54) is 28.6 Å². The number of aliphatic carboxylic acids is 1. The van der Waals surface area contributed by atoms with Crippen molar-refractivity contribution in [3.63, 3.8) is 0 Å². The predicted octanol–water partition coefficient (Wildman–Crippen LogP) is 1.61. The molecule has 1 saturated carbocycles. The summed E-state index contributed by atoms with van der Waals surface area (Å²) in [5.74, 6) is -1.34. The molecule has 130 valence electrons. The molecule has 2 atom stereocenters. The van der Waals surface area contributed by atoms with Crippen molar-refractivity contribution in [1.82, 2.24) is 4.31 Å². The minimum atomic E-state index is -3.66. The fourth-order valence-electron chi connectivity index (χ4n) is 3.82. The van der Waals surface area contributed by atoms with E-state index in [0.29, 0.717) is 12.0 Å². The molecule has 9 heteroatoms. The molecule has 0 aromatic heterocycles. The molecule has 0 bridgehead atoms. The van der Waals surface area contributed by atoms with E-state index in [1.807, 2.05) is 0 Å². The molecule has 1 saturated heterocycles. The number of hydrogen-bond donors (Lipinski definition) is 1. The molecule has 1 aliphatic carbocycles. The van der Waals surface area contributed by atoms with Crippen LogP contribution in [0.3, 0.4) is 0 Å². The van der Waals surface area contributed by atoms with Gasteiger partial charge < -0.3 is 5.11 Å². The van der Waals surface area contributed by atoms with Crippen LogP contribution in [0.1, 0.15) is 24.8 Å². The van der Waals surface area contributed by atoms with Crippen molar-refractivity contribution in [2.75, 3.05) is 13.1 Å². The Hall–Kier alpha value is -2.00. The van der Waals surface area contributed by atoms with Gasteiger partial charge in [0.1, 0.15) is 0 Å². The zero-order chi connectivity index (χ0) is 17.5. The van der Waals surface area contributed by atoms with Crippen LogP contribution in [0.15, 0.2) is 24.3 Å². The Morgan fingerprint density at radius 2 is 2.04 bits per heavy atom. The van der Waals surface area contributed by atoms with E-state index in [9.17, 15) is 28.4 Å². The monoisotopic (exact) mass is 354 g/mol. The lowest BCUT2D eigenvalue weighted by molar-refractivity contribution is -0.384. The summed E-state index contributed by atoms with van der Waals surface area (Å²) in [6.07, 6.45) is 2.06. The molecular formula is C15H18N2O6S. The highest BCUT2D eigenvalue weighted by molar-refractivity contribution is 7.88. The first kappa shape index (κ1) is 16.8. The Bertz CT molecular complexity index is 776. The normalized spacial score (nSPS) is 27.1. The van der Waals surface area contributed by atoms with Crippen LogP contribution in [0.25, 0.3) is 0 Å². The number of nitro groups is 1. The second kappa shape index (κ2) is 5.82. The Morgan fingerprint density at radius 1 is 1.38 bits per heavy atom. The molecule has 8 nitrogen and oxygen atoms in total. The van der Waals surface area contributed by atoms with Crippen LogP contribution < -0.4 is 0 Å². The average Bonchev–Trinajstić information content (AvgIpc) is 3.05. The van der Waals surface area contributed by atoms with Crippen molar-refractivity contribution in [3.8, 4) is 0 Å². The number of benzene rings is 1. The molecule has 1 aliphatic heterocycles. The first-order valence-electron chi connectivity index (χ1n) is 7.69. The Balaban J connectivity index is 1.77. The number of carboxylic acid groups (broad SMARTS) is 1. The largest absolute Gasteiger partial charge is 0.481 e. The Morgan fingerprint density at radius 3 is 2.58 bits per heavy atom. The van der Waals surface area contributed by atoms with Gasteiger partial charge in [0, 0.05) is 25.2 Å². The van der Waals surface area contributed by atoms with Crippen molar-refractivity contribution in [2.45, 2.75) is 25.0 Å². The van der Waals surface area contributed by atoms with E-state index >= 15 is 0 Å². The third-order valence-corrected chi connectivity index (χ3v) is 6.92. The van der Waals surface area contributed by atoms with Gasteiger partial charge in [0.25, 0.3) is 5.69 Å². The second-order valence-electron chi connectivity index (χ2n) is 6.52. The SMILES string of the molecule is O=C(O)[C@@]12CCC[C@H]1CN(S(=O)(=O)Cc1ccc([N+](=O)[O-])cc1)C2. The molecule has 1 N–H and O–H groups in total. The van der Waals surface area contributed by atoms with Crippen LogP contribution in [0.4, 0.5) is 5.69 Å². The smallest absolute Gasteiger partial charge is 0.311 e. The first-order chi connectivity index (χ1) is 11.2. The summed E-state index contributed by atoms with van der Waals surface area (Å²) in [6, 6.07) is 5.36. The molecule has 0 unspecified atom stereocenters. The van der Waals surface area contributed by atoms with E-state index in [2.05, 4.69) is 0 Å². The van der Waals surface area contributed by atoms with Crippen molar-refractivity contribution in [1.29, 1.82) is 0 Å². The first-order valence-corrected chi connectivity index (χ1v) is 9.30. The molecule has 24 heavy (non-hydrogen) atoms. The van der Waals surface area contributed by atoms with Crippen LogP contribution in [0, 0.1) is 21.4 Å². The van der Waals surface area contributed by atoms with Gasteiger partial charge >= 0.3 is 5.97 Å². The van der Waals surface area contributed by atoms with E-state index < -0.39 is 26.3 Å². The molecule has 1 heterocycles. The van der Waals surface area contributed by atoms with Gasteiger partial charge in [-0.05, 0) is 24.3 Å². The third-order valence-electron chi connectivity index (χ3n) is 5.16. The number of non-ortho nitro benzene ring substituents is 1. The van der Waals surface area contributed by atoms with Crippen LogP contribution in [-0.4, -0.2) is 41.8 Å². The zero-order valence-corrected chi connectivity index (χ0v) is 13.7. The molecule has 2 fully saturated rings. The number of sulfonamides is 1. The molecule has 2 aliphatic rings. The van der Waals surface area contributed by atoms with Crippen LogP contribution in [0.5, 0.6) is 0 Å². The van der Waals surface area contributed by atoms with Crippen molar-refractivity contribution >= 4 is 21.7 Å². The summed E-state index contributed by atoms with van der Waals surface area (Å²) < 4.78 is 26.5. The maximum atomic E-state index is 12.6. The molecule has 3 rings (SSSR count). The summed E-state index contributed by atoms with van der Waals surface area (Å²) in [5, 5.41) is 20.2. The lowest BCUT2D eigenvalue weighted by atomic mass is 9.81. The van der Waals surface area contributed by atoms with Gasteiger partial charge in [-0.15, -0.1) is 0 Å². The van der Waals surface area contributed by atoms with Gasteiger partial charge in [-0.25, -0.2) is 12.7 Å². The quantitative estimate of drug-likeness (QED) is 0.634. The highest BCUT2D eigenvalue weighted by atomic mass is 32.2.